The molecule has 0 aliphatic heterocycles. The maximum absolute atomic E-state index is 10.8. The van der Waals surface area contributed by atoms with Gasteiger partial charge in [-0.05, 0) is 36.4 Å². The number of nitrogens with one attached hydrogen (secondary N) is 1. The summed E-state index contributed by atoms with van der Waals surface area (Å²) in [5, 5.41) is 26.7. The molecule has 0 saturated carbocycles. The molecular weight excluding hydrogens is 411 g/mol. The van der Waals surface area contributed by atoms with Crippen LogP contribution in [0.15, 0.2) is 48.5 Å². The number of hydrogen-bond acceptors (Lipinski definition) is 6. The highest BCUT2D eigenvalue weighted by Gasteiger charge is 2.22. The van der Waals surface area contributed by atoms with E-state index in [1.807, 2.05) is 12.1 Å². The van der Waals surface area contributed by atoms with Crippen molar-refractivity contribution in [2.75, 3.05) is 5.32 Å². The number of aliphatic hydroxyl groups excluding tert-OH is 1. The predicted octanol–water partition coefficient (Wildman–Crippen LogP) is 4.25. The van der Waals surface area contributed by atoms with Crippen LogP contribution in [0.2, 0.25) is 15.3 Å². The van der Waals surface area contributed by atoms with E-state index < -0.39 is 6.23 Å². The van der Waals surface area contributed by atoms with Crippen LogP contribution in [0.3, 0.4) is 0 Å². The first-order valence-corrected chi connectivity index (χ1v) is 8.89. The first-order valence-electron chi connectivity index (χ1n) is 7.76. The highest BCUT2D eigenvalue weighted by Crippen LogP contribution is 2.30. The van der Waals surface area contributed by atoms with E-state index >= 15 is 0 Å². The van der Waals surface area contributed by atoms with E-state index in [1.54, 1.807) is 36.4 Å². The predicted molar refractivity (Wildman–Crippen MR) is 104 cm³/mol. The van der Waals surface area contributed by atoms with Crippen molar-refractivity contribution < 1.29 is 5.11 Å². The fourth-order valence-electron chi connectivity index (χ4n) is 2.59. The molecule has 136 valence electrons. The summed E-state index contributed by atoms with van der Waals surface area (Å²) >= 11 is 17.8. The summed E-state index contributed by atoms with van der Waals surface area (Å²) in [5.41, 5.74) is 2.22. The lowest BCUT2D eigenvalue weighted by Gasteiger charge is -2.14. The molecule has 1 aromatic carbocycles. The topological polar surface area (TPSA) is 88.2 Å². The molecule has 3 aromatic heterocycles. The van der Waals surface area contributed by atoms with Crippen molar-refractivity contribution in [3.8, 4) is 11.3 Å². The number of rotatable bonds is 4. The normalized spacial score (nSPS) is 12.3. The molecule has 7 nitrogen and oxygen atoms in total. The van der Waals surface area contributed by atoms with Crippen LogP contribution in [0.25, 0.3) is 16.9 Å². The summed E-state index contributed by atoms with van der Waals surface area (Å²) in [4.78, 5) is 4.57. The lowest BCUT2D eigenvalue weighted by molar-refractivity contribution is 0.201. The van der Waals surface area contributed by atoms with E-state index in [0.29, 0.717) is 27.9 Å². The van der Waals surface area contributed by atoms with Crippen molar-refractivity contribution in [2.45, 2.75) is 6.23 Å². The van der Waals surface area contributed by atoms with Gasteiger partial charge in [-0.1, -0.05) is 46.9 Å². The molecule has 2 N–H and O–H groups in total. The van der Waals surface area contributed by atoms with E-state index in [9.17, 15) is 5.11 Å². The van der Waals surface area contributed by atoms with Crippen LogP contribution in [0.1, 0.15) is 11.9 Å². The molecule has 0 saturated heterocycles. The van der Waals surface area contributed by atoms with Crippen molar-refractivity contribution in [3.05, 3.63) is 69.6 Å². The third-order valence-corrected chi connectivity index (χ3v) is 4.43. The average molecular weight is 422 g/mol. The number of benzene rings is 1. The Morgan fingerprint density at radius 1 is 0.889 bits per heavy atom. The Morgan fingerprint density at radius 2 is 1.63 bits per heavy atom. The lowest BCUT2D eigenvalue weighted by Crippen LogP contribution is -2.15. The van der Waals surface area contributed by atoms with Gasteiger partial charge in [0.2, 0.25) is 0 Å². The van der Waals surface area contributed by atoms with Crippen molar-refractivity contribution in [1.29, 1.82) is 0 Å². The second-order valence-corrected chi connectivity index (χ2v) is 6.78. The molecule has 0 radical (unpaired) electrons. The zero-order chi connectivity index (χ0) is 19.0. The quantitative estimate of drug-likeness (QED) is 0.479. The van der Waals surface area contributed by atoms with Gasteiger partial charge in [-0.3, -0.25) is 0 Å². The van der Waals surface area contributed by atoms with Gasteiger partial charge in [0.1, 0.15) is 10.8 Å². The smallest absolute Gasteiger partial charge is 0.171 e. The van der Waals surface area contributed by atoms with Gasteiger partial charge in [-0.25, -0.2) is 9.50 Å². The van der Waals surface area contributed by atoms with E-state index in [2.05, 4.69) is 25.6 Å². The standard InChI is InChI=1S/C17H11Cl3N6O/c18-10-3-1-9(2-4-10)15-16(26-14(22-15)8-6-12(20)25-26)17(27)21-13-7-5-11(19)23-24-13/h1-8,17,27H,(H,21,24). The molecule has 0 amide bonds. The number of nitrogens with zero attached hydrogens (tertiary/aromatic N) is 5. The largest absolute Gasteiger partial charge is 0.368 e. The number of aliphatic hydroxyl groups is 1. The number of halogens is 3. The summed E-state index contributed by atoms with van der Waals surface area (Å²) in [7, 11) is 0. The first-order chi connectivity index (χ1) is 13.0. The summed E-state index contributed by atoms with van der Waals surface area (Å²) in [6.45, 7) is 0. The zero-order valence-electron chi connectivity index (χ0n) is 13.5. The molecule has 0 fully saturated rings. The maximum atomic E-state index is 10.8. The molecule has 1 atom stereocenters. The van der Waals surface area contributed by atoms with Crippen LogP contribution >= 0.6 is 34.8 Å². The van der Waals surface area contributed by atoms with Gasteiger partial charge in [-0.15, -0.1) is 10.2 Å². The number of imidazole rings is 1. The van der Waals surface area contributed by atoms with Gasteiger partial charge in [-0.2, -0.15) is 5.10 Å². The molecule has 4 rings (SSSR count). The minimum atomic E-state index is -1.19. The van der Waals surface area contributed by atoms with E-state index in [0.717, 1.165) is 5.56 Å². The average Bonchev–Trinajstić information content (AvgIpc) is 3.03. The molecule has 3 heterocycles. The molecule has 0 spiro atoms. The molecule has 0 aliphatic rings. The van der Waals surface area contributed by atoms with E-state index in [-0.39, 0.29) is 10.3 Å². The Hall–Kier alpha value is -2.45. The van der Waals surface area contributed by atoms with Crippen molar-refractivity contribution in [1.82, 2.24) is 24.8 Å². The fraction of sp³-hybridized carbons (Fsp3) is 0.0588. The Balaban J connectivity index is 1.83. The van der Waals surface area contributed by atoms with E-state index in [1.165, 1.54) is 4.52 Å². The van der Waals surface area contributed by atoms with Crippen LogP contribution in [0, 0.1) is 0 Å². The van der Waals surface area contributed by atoms with Gasteiger partial charge in [0.15, 0.2) is 22.8 Å². The Labute approximate surface area is 168 Å². The van der Waals surface area contributed by atoms with Crippen molar-refractivity contribution >= 4 is 46.3 Å². The molecule has 4 aromatic rings. The second kappa shape index (κ2) is 7.28. The van der Waals surface area contributed by atoms with Crippen LogP contribution in [0.4, 0.5) is 5.82 Å². The number of fused-ring (bicyclic) bond motifs is 1. The number of aromatic nitrogens is 5. The summed E-state index contributed by atoms with van der Waals surface area (Å²) in [5.74, 6) is 0.339. The SMILES string of the molecule is OC(Nc1ccc(Cl)nn1)c1c(-c2ccc(Cl)cc2)nc2ccc(Cl)nn12. The molecule has 10 heteroatoms. The summed E-state index contributed by atoms with van der Waals surface area (Å²) < 4.78 is 1.48. The number of hydrogen-bond donors (Lipinski definition) is 2. The Bertz CT molecular complexity index is 1100. The Morgan fingerprint density at radius 3 is 2.33 bits per heavy atom. The van der Waals surface area contributed by atoms with Gasteiger partial charge in [0.25, 0.3) is 0 Å². The van der Waals surface area contributed by atoms with Crippen LogP contribution in [-0.4, -0.2) is 29.9 Å². The number of anilines is 1. The zero-order valence-corrected chi connectivity index (χ0v) is 15.8. The maximum Gasteiger partial charge on any atom is 0.171 e. The third-order valence-electron chi connectivity index (χ3n) is 3.77. The molecule has 27 heavy (non-hydrogen) atoms. The summed E-state index contributed by atoms with van der Waals surface area (Å²) in [6.07, 6.45) is -1.19. The van der Waals surface area contributed by atoms with Crippen LogP contribution in [-0.2, 0) is 0 Å². The minimum Gasteiger partial charge on any atom is -0.368 e. The highest BCUT2D eigenvalue weighted by molar-refractivity contribution is 6.30. The summed E-state index contributed by atoms with van der Waals surface area (Å²) in [6, 6.07) is 13.6. The van der Waals surface area contributed by atoms with Gasteiger partial charge in [0, 0.05) is 10.6 Å². The van der Waals surface area contributed by atoms with Crippen LogP contribution < -0.4 is 5.32 Å². The minimum absolute atomic E-state index is 0.250. The van der Waals surface area contributed by atoms with Gasteiger partial charge in [0.05, 0.1) is 5.69 Å². The molecule has 1 unspecified atom stereocenters. The van der Waals surface area contributed by atoms with Crippen molar-refractivity contribution in [2.24, 2.45) is 0 Å². The third kappa shape index (κ3) is 3.68. The second-order valence-electron chi connectivity index (χ2n) is 5.57. The molecule has 0 bridgehead atoms. The van der Waals surface area contributed by atoms with E-state index in [4.69, 9.17) is 34.8 Å². The Kier molecular flexibility index (Phi) is 4.84. The lowest BCUT2D eigenvalue weighted by atomic mass is 10.1. The van der Waals surface area contributed by atoms with Gasteiger partial charge >= 0.3 is 0 Å². The fourth-order valence-corrected chi connectivity index (χ4v) is 2.96. The first kappa shape index (κ1) is 17.9. The van der Waals surface area contributed by atoms with Gasteiger partial charge < -0.3 is 10.4 Å². The van der Waals surface area contributed by atoms with Crippen LogP contribution in [0.5, 0.6) is 0 Å². The molecular formula is C17H11Cl3N6O. The monoisotopic (exact) mass is 420 g/mol. The molecule has 0 aliphatic carbocycles. The van der Waals surface area contributed by atoms with Crippen molar-refractivity contribution in [3.63, 3.8) is 0 Å². The highest BCUT2D eigenvalue weighted by atomic mass is 35.5.